The van der Waals surface area contributed by atoms with Crippen LogP contribution in [-0.2, 0) is 22.5 Å². The van der Waals surface area contributed by atoms with E-state index in [1.54, 1.807) is 12.4 Å². The summed E-state index contributed by atoms with van der Waals surface area (Å²) in [6, 6.07) is 5.60. The Labute approximate surface area is 161 Å². The summed E-state index contributed by atoms with van der Waals surface area (Å²) in [5.74, 6) is -0.652. The molecule has 7 heteroatoms. The maximum absolute atomic E-state index is 12.4. The first-order valence-corrected chi connectivity index (χ1v) is 9.58. The Hall–Kier alpha value is -2.80. The Balaban J connectivity index is 1.57. The summed E-state index contributed by atoms with van der Waals surface area (Å²) >= 11 is 1.45. The number of aryl methyl sites for hydroxylation is 1. The molecule has 0 saturated heterocycles. The number of esters is 1. The number of ether oxygens (including phenoxy) is 1. The van der Waals surface area contributed by atoms with Crippen molar-refractivity contribution in [3.8, 4) is 10.6 Å². The molecule has 0 N–H and O–H groups in total. The van der Waals surface area contributed by atoms with Crippen molar-refractivity contribution in [2.45, 2.75) is 33.7 Å². The van der Waals surface area contributed by atoms with Crippen LogP contribution in [0.15, 0.2) is 36.0 Å². The molecular weight excluding hydrogens is 362 g/mol. The quantitative estimate of drug-likeness (QED) is 0.460. The van der Waals surface area contributed by atoms with Gasteiger partial charge in [0.1, 0.15) is 5.01 Å². The lowest BCUT2D eigenvalue weighted by Gasteiger charge is -2.06. The van der Waals surface area contributed by atoms with E-state index in [0.717, 1.165) is 28.5 Å². The van der Waals surface area contributed by atoms with Crippen molar-refractivity contribution in [2.24, 2.45) is 0 Å². The molecule has 3 heterocycles. The fourth-order valence-corrected chi connectivity index (χ4v) is 3.81. The summed E-state index contributed by atoms with van der Waals surface area (Å²) in [4.78, 5) is 33.0. The molecule has 0 atom stereocenters. The van der Waals surface area contributed by atoms with E-state index in [1.165, 1.54) is 11.3 Å². The molecule has 0 unspecified atom stereocenters. The molecule has 0 aliphatic carbocycles. The van der Waals surface area contributed by atoms with Gasteiger partial charge in [-0.15, -0.1) is 11.3 Å². The highest BCUT2D eigenvalue weighted by Crippen LogP contribution is 2.23. The van der Waals surface area contributed by atoms with Gasteiger partial charge in [-0.05, 0) is 39.0 Å². The van der Waals surface area contributed by atoms with Gasteiger partial charge in [0.25, 0.3) is 0 Å². The normalized spacial score (nSPS) is 10.8. The first kappa shape index (κ1) is 19.0. The van der Waals surface area contributed by atoms with Crippen LogP contribution in [0.3, 0.4) is 0 Å². The van der Waals surface area contributed by atoms with Gasteiger partial charge in [-0.25, -0.2) is 4.98 Å². The number of hydrogen-bond acceptors (Lipinski definition) is 6. The minimum atomic E-state index is -0.462. The van der Waals surface area contributed by atoms with Crippen molar-refractivity contribution in [3.63, 3.8) is 0 Å². The Morgan fingerprint density at radius 1 is 1.30 bits per heavy atom. The van der Waals surface area contributed by atoms with E-state index < -0.39 is 5.97 Å². The summed E-state index contributed by atoms with van der Waals surface area (Å²) in [5.41, 5.74) is 4.06. The molecule has 0 aliphatic rings. The van der Waals surface area contributed by atoms with Gasteiger partial charge in [-0.3, -0.25) is 14.6 Å². The lowest BCUT2D eigenvalue weighted by atomic mass is 10.1. The number of aromatic nitrogens is 3. The first-order valence-electron chi connectivity index (χ1n) is 8.70. The van der Waals surface area contributed by atoms with Crippen LogP contribution in [0.25, 0.3) is 10.6 Å². The number of rotatable bonds is 7. The standard InChI is InChI=1S/C20H21N3O3S/c1-4-23-13(2)8-17(14(23)3)18(24)11-26-19(25)9-16-12-27-20(22-16)15-6-5-7-21-10-15/h5-8,10,12H,4,9,11H2,1-3H3. The predicted molar refractivity (Wildman–Crippen MR) is 104 cm³/mol. The molecule has 0 fully saturated rings. The zero-order chi connectivity index (χ0) is 19.4. The van der Waals surface area contributed by atoms with Gasteiger partial charge < -0.3 is 9.30 Å². The summed E-state index contributed by atoms with van der Waals surface area (Å²) in [6.07, 6.45) is 3.47. The smallest absolute Gasteiger partial charge is 0.312 e. The summed E-state index contributed by atoms with van der Waals surface area (Å²) in [7, 11) is 0. The second-order valence-corrected chi connectivity index (χ2v) is 7.03. The van der Waals surface area contributed by atoms with Crippen molar-refractivity contribution in [3.05, 3.63) is 58.6 Å². The van der Waals surface area contributed by atoms with E-state index in [4.69, 9.17) is 4.74 Å². The third-order valence-electron chi connectivity index (χ3n) is 4.34. The van der Waals surface area contributed by atoms with Gasteiger partial charge in [0, 0.05) is 46.8 Å². The van der Waals surface area contributed by atoms with Crippen LogP contribution in [0.4, 0.5) is 0 Å². The molecule has 0 amide bonds. The predicted octanol–water partition coefficient (Wildman–Crippen LogP) is 3.61. The third-order valence-corrected chi connectivity index (χ3v) is 5.28. The van der Waals surface area contributed by atoms with E-state index in [0.29, 0.717) is 11.3 Å². The van der Waals surface area contributed by atoms with Crippen LogP contribution in [0.2, 0.25) is 0 Å². The molecule has 0 radical (unpaired) electrons. The van der Waals surface area contributed by atoms with Gasteiger partial charge in [-0.2, -0.15) is 0 Å². The molecule has 3 rings (SSSR count). The van der Waals surface area contributed by atoms with Gasteiger partial charge >= 0.3 is 5.97 Å². The van der Waals surface area contributed by atoms with E-state index in [-0.39, 0.29) is 18.8 Å². The Morgan fingerprint density at radius 3 is 2.78 bits per heavy atom. The second kappa shape index (κ2) is 8.26. The van der Waals surface area contributed by atoms with Crippen LogP contribution >= 0.6 is 11.3 Å². The third kappa shape index (κ3) is 4.31. The zero-order valence-electron chi connectivity index (χ0n) is 15.6. The van der Waals surface area contributed by atoms with Gasteiger partial charge in [0.05, 0.1) is 12.1 Å². The molecule has 27 heavy (non-hydrogen) atoms. The molecule has 0 spiro atoms. The average molecular weight is 383 g/mol. The fraction of sp³-hybridized carbons (Fsp3) is 0.300. The highest BCUT2D eigenvalue weighted by Gasteiger charge is 2.17. The molecule has 0 aliphatic heterocycles. The molecule has 140 valence electrons. The van der Waals surface area contributed by atoms with Crippen molar-refractivity contribution >= 4 is 23.1 Å². The molecular formula is C20H21N3O3S. The van der Waals surface area contributed by atoms with Crippen LogP contribution in [0, 0.1) is 13.8 Å². The number of carbonyl (C=O) groups is 2. The van der Waals surface area contributed by atoms with Crippen molar-refractivity contribution < 1.29 is 14.3 Å². The summed E-state index contributed by atoms with van der Waals surface area (Å²) in [6.45, 7) is 6.43. The van der Waals surface area contributed by atoms with E-state index >= 15 is 0 Å². The average Bonchev–Trinajstić information content (AvgIpc) is 3.24. The second-order valence-electron chi connectivity index (χ2n) is 6.18. The molecule has 0 aromatic carbocycles. The zero-order valence-corrected chi connectivity index (χ0v) is 16.4. The fourth-order valence-electron chi connectivity index (χ4n) is 3.00. The van der Waals surface area contributed by atoms with Gasteiger partial charge in [-0.1, -0.05) is 0 Å². The number of carbonyl (C=O) groups excluding carboxylic acids is 2. The highest BCUT2D eigenvalue weighted by molar-refractivity contribution is 7.13. The SMILES string of the molecule is CCn1c(C)cc(C(=O)COC(=O)Cc2csc(-c3cccnc3)n2)c1C. The molecule has 6 nitrogen and oxygen atoms in total. The van der Waals surface area contributed by atoms with E-state index in [1.807, 2.05) is 44.4 Å². The number of hydrogen-bond donors (Lipinski definition) is 0. The van der Waals surface area contributed by atoms with E-state index in [9.17, 15) is 9.59 Å². The van der Waals surface area contributed by atoms with Crippen LogP contribution in [-0.4, -0.2) is 32.9 Å². The van der Waals surface area contributed by atoms with Crippen LogP contribution < -0.4 is 0 Å². The van der Waals surface area contributed by atoms with Gasteiger partial charge in [0.2, 0.25) is 5.78 Å². The van der Waals surface area contributed by atoms with Crippen LogP contribution in [0.5, 0.6) is 0 Å². The van der Waals surface area contributed by atoms with Crippen LogP contribution in [0.1, 0.15) is 34.4 Å². The Kier molecular flexibility index (Phi) is 5.81. The molecule has 3 aromatic rings. The first-order chi connectivity index (χ1) is 13.0. The maximum Gasteiger partial charge on any atom is 0.312 e. The lowest BCUT2D eigenvalue weighted by molar-refractivity contribution is -0.141. The molecule has 0 saturated carbocycles. The number of ketones is 1. The molecule has 0 bridgehead atoms. The van der Waals surface area contributed by atoms with Crippen molar-refractivity contribution in [1.82, 2.24) is 14.5 Å². The summed E-state index contributed by atoms with van der Waals surface area (Å²) < 4.78 is 7.23. The molecule has 3 aromatic heterocycles. The monoisotopic (exact) mass is 383 g/mol. The highest BCUT2D eigenvalue weighted by atomic mass is 32.1. The minimum Gasteiger partial charge on any atom is -0.457 e. The largest absolute Gasteiger partial charge is 0.457 e. The topological polar surface area (TPSA) is 74.1 Å². The Morgan fingerprint density at radius 2 is 2.11 bits per heavy atom. The lowest BCUT2D eigenvalue weighted by Crippen LogP contribution is -2.16. The minimum absolute atomic E-state index is 0.0397. The number of nitrogens with zero attached hydrogens (tertiary/aromatic N) is 3. The summed E-state index contributed by atoms with van der Waals surface area (Å²) in [5, 5.41) is 2.62. The Bertz CT molecular complexity index is 960. The number of thiazole rings is 1. The van der Waals surface area contributed by atoms with Gasteiger partial charge in [0.15, 0.2) is 6.61 Å². The number of Topliss-reactive ketones (excluding diaryl/α,β-unsaturated/α-hetero) is 1. The van der Waals surface area contributed by atoms with Crippen molar-refractivity contribution in [2.75, 3.05) is 6.61 Å². The van der Waals surface area contributed by atoms with E-state index in [2.05, 4.69) is 14.5 Å². The van der Waals surface area contributed by atoms with Crippen molar-refractivity contribution in [1.29, 1.82) is 0 Å². The number of pyridine rings is 1. The maximum atomic E-state index is 12.4.